The molecule has 3 aromatic rings. The number of halogens is 1. The highest BCUT2D eigenvalue weighted by molar-refractivity contribution is 9.10. The smallest absolute Gasteiger partial charge is 0.311 e. The van der Waals surface area contributed by atoms with E-state index < -0.39 is 24.0 Å². The number of aryl methyl sites for hydroxylation is 1. The number of benzene rings is 3. The number of methoxy groups -OCH3 is 2. The molecule has 0 radical (unpaired) electrons. The molecular weight excluding hydrogens is 536 g/mol. The van der Waals surface area contributed by atoms with E-state index in [2.05, 4.69) is 21.2 Å². The fraction of sp³-hybridized carbons (Fsp3) is 0.276. The maximum atomic E-state index is 13.9. The van der Waals surface area contributed by atoms with Gasteiger partial charge < -0.3 is 19.7 Å². The van der Waals surface area contributed by atoms with Crippen LogP contribution in [0.5, 0.6) is 5.75 Å². The first-order valence-corrected chi connectivity index (χ1v) is 12.8. The molecular formula is C29H29BrN2O5. The molecule has 192 valence electrons. The topological polar surface area (TPSA) is 84.9 Å². The summed E-state index contributed by atoms with van der Waals surface area (Å²) in [5.74, 6) is -1.25. The van der Waals surface area contributed by atoms with Gasteiger partial charge in [0, 0.05) is 12.1 Å². The van der Waals surface area contributed by atoms with Crippen LogP contribution in [0.2, 0.25) is 0 Å². The van der Waals surface area contributed by atoms with Gasteiger partial charge in [-0.2, -0.15) is 0 Å². The van der Waals surface area contributed by atoms with Gasteiger partial charge in [0.2, 0.25) is 5.91 Å². The van der Waals surface area contributed by atoms with Gasteiger partial charge >= 0.3 is 5.97 Å². The van der Waals surface area contributed by atoms with Crippen molar-refractivity contribution in [3.05, 3.63) is 99.5 Å². The monoisotopic (exact) mass is 564 g/mol. The van der Waals surface area contributed by atoms with Gasteiger partial charge in [-0.05, 0) is 64.7 Å². The van der Waals surface area contributed by atoms with Crippen LogP contribution in [-0.2, 0) is 20.9 Å². The summed E-state index contributed by atoms with van der Waals surface area (Å²) in [5, 5.41) is 2.96. The Morgan fingerprint density at radius 1 is 1.00 bits per heavy atom. The molecule has 1 aliphatic heterocycles. The zero-order valence-corrected chi connectivity index (χ0v) is 22.5. The van der Waals surface area contributed by atoms with Gasteiger partial charge in [-0.3, -0.25) is 14.4 Å². The molecule has 0 bridgehead atoms. The van der Waals surface area contributed by atoms with E-state index in [0.29, 0.717) is 27.9 Å². The highest BCUT2D eigenvalue weighted by atomic mass is 79.9. The minimum Gasteiger partial charge on any atom is -0.496 e. The molecule has 4 rings (SSSR count). The summed E-state index contributed by atoms with van der Waals surface area (Å²) >= 11 is 3.51. The van der Waals surface area contributed by atoms with Gasteiger partial charge in [0.25, 0.3) is 5.91 Å². The number of esters is 1. The van der Waals surface area contributed by atoms with Crippen LogP contribution in [0.3, 0.4) is 0 Å². The van der Waals surface area contributed by atoms with Gasteiger partial charge in [-0.1, -0.05) is 54.1 Å². The number of carbonyl (C=O) groups is 3. The summed E-state index contributed by atoms with van der Waals surface area (Å²) in [4.78, 5) is 41.9. The standard InChI is InChI=1S/C29H29BrN2O5/c1-18-9-11-19(12-10-18)17-31-27(33)24-16-22(29(35)37-3)26(21-13-14-25(36-2)23(30)15-21)32(24)28(34)20-7-5-4-6-8-20/h4-15,22,24,26H,16-17H2,1-3H3,(H,31,33). The van der Waals surface area contributed by atoms with Gasteiger partial charge in [-0.15, -0.1) is 0 Å². The largest absolute Gasteiger partial charge is 0.496 e. The first-order valence-electron chi connectivity index (χ1n) is 12.0. The number of hydrogen-bond donors (Lipinski definition) is 1. The lowest BCUT2D eigenvalue weighted by Gasteiger charge is -2.31. The number of ether oxygens (including phenoxy) is 2. The molecule has 0 spiro atoms. The number of nitrogens with zero attached hydrogens (tertiary/aromatic N) is 1. The van der Waals surface area contributed by atoms with Crippen molar-refractivity contribution in [1.29, 1.82) is 0 Å². The average molecular weight is 565 g/mol. The molecule has 37 heavy (non-hydrogen) atoms. The second kappa shape index (κ2) is 11.6. The summed E-state index contributed by atoms with van der Waals surface area (Å²) in [6.07, 6.45) is 0.138. The number of carbonyl (C=O) groups excluding carboxylic acids is 3. The molecule has 0 aliphatic carbocycles. The Bertz CT molecular complexity index is 1280. The molecule has 8 heteroatoms. The van der Waals surface area contributed by atoms with Crippen molar-refractivity contribution < 1.29 is 23.9 Å². The first-order chi connectivity index (χ1) is 17.8. The number of rotatable bonds is 7. The molecule has 1 aliphatic rings. The van der Waals surface area contributed by atoms with Crippen molar-refractivity contribution in [2.45, 2.75) is 32.0 Å². The van der Waals surface area contributed by atoms with Gasteiger partial charge in [0.1, 0.15) is 11.8 Å². The van der Waals surface area contributed by atoms with Crippen LogP contribution in [0.25, 0.3) is 0 Å². The van der Waals surface area contributed by atoms with Crippen molar-refractivity contribution in [3.8, 4) is 5.75 Å². The zero-order chi connectivity index (χ0) is 26.5. The van der Waals surface area contributed by atoms with Gasteiger partial charge in [0.15, 0.2) is 0 Å². The van der Waals surface area contributed by atoms with Crippen molar-refractivity contribution in [2.75, 3.05) is 14.2 Å². The van der Waals surface area contributed by atoms with Crippen LogP contribution in [0, 0.1) is 12.8 Å². The predicted molar refractivity (Wildman–Crippen MR) is 143 cm³/mol. The Hall–Kier alpha value is -3.65. The van der Waals surface area contributed by atoms with Crippen molar-refractivity contribution in [2.24, 2.45) is 5.92 Å². The van der Waals surface area contributed by atoms with E-state index in [1.165, 1.54) is 12.0 Å². The fourth-order valence-electron chi connectivity index (χ4n) is 4.75. The lowest BCUT2D eigenvalue weighted by atomic mass is 9.92. The van der Waals surface area contributed by atoms with Crippen molar-refractivity contribution in [3.63, 3.8) is 0 Å². The van der Waals surface area contributed by atoms with Gasteiger partial charge in [0.05, 0.1) is 30.7 Å². The van der Waals surface area contributed by atoms with E-state index in [1.807, 2.05) is 49.4 Å². The van der Waals surface area contributed by atoms with E-state index >= 15 is 0 Å². The summed E-state index contributed by atoms with van der Waals surface area (Å²) in [5.41, 5.74) is 3.20. The zero-order valence-electron chi connectivity index (χ0n) is 20.9. The Kier molecular flexibility index (Phi) is 8.28. The third kappa shape index (κ3) is 5.69. The van der Waals surface area contributed by atoms with E-state index in [1.54, 1.807) is 37.4 Å². The van der Waals surface area contributed by atoms with Crippen LogP contribution in [0.15, 0.2) is 77.3 Å². The van der Waals surface area contributed by atoms with Crippen molar-refractivity contribution >= 4 is 33.7 Å². The minimum absolute atomic E-state index is 0.138. The molecule has 3 atom stereocenters. The lowest BCUT2D eigenvalue weighted by molar-refractivity contribution is -0.146. The second-order valence-electron chi connectivity index (χ2n) is 9.00. The number of hydrogen-bond acceptors (Lipinski definition) is 5. The number of amides is 2. The van der Waals surface area contributed by atoms with E-state index in [0.717, 1.165) is 11.1 Å². The van der Waals surface area contributed by atoms with E-state index in [-0.39, 0.29) is 18.2 Å². The molecule has 2 amide bonds. The Morgan fingerprint density at radius 2 is 1.70 bits per heavy atom. The molecule has 0 aromatic heterocycles. The SMILES string of the molecule is COC(=O)C1CC(C(=O)NCc2ccc(C)cc2)N(C(=O)c2ccccc2)C1c1ccc(OC)c(Br)c1. The predicted octanol–water partition coefficient (Wildman–Crippen LogP) is 4.83. The maximum Gasteiger partial charge on any atom is 0.311 e. The van der Waals surface area contributed by atoms with Crippen LogP contribution >= 0.6 is 15.9 Å². The minimum atomic E-state index is -0.867. The lowest BCUT2D eigenvalue weighted by Crippen LogP contribution is -2.46. The van der Waals surface area contributed by atoms with Crippen molar-refractivity contribution in [1.82, 2.24) is 10.2 Å². The highest BCUT2D eigenvalue weighted by Crippen LogP contribution is 2.44. The number of likely N-dealkylation sites (tertiary alicyclic amines) is 1. The summed E-state index contributed by atoms with van der Waals surface area (Å²) in [6.45, 7) is 2.31. The second-order valence-corrected chi connectivity index (χ2v) is 9.86. The maximum absolute atomic E-state index is 13.9. The molecule has 1 heterocycles. The average Bonchev–Trinajstić information content (AvgIpc) is 3.33. The van der Waals surface area contributed by atoms with Crippen LogP contribution in [-0.4, -0.2) is 42.9 Å². The molecule has 3 aromatic carbocycles. The quantitative estimate of drug-likeness (QED) is 0.415. The van der Waals surface area contributed by atoms with E-state index in [9.17, 15) is 14.4 Å². The molecule has 3 unspecified atom stereocenters. The summed E-state index contributed by atoms with van der Waals surface area (Å²) in [7, 11) is 2.88. The Morgan fingerprint density at radius 3 is 2.32 bits per heavy atom. The summed E-state index contributed by atoms with van der Waals surface area (Å²) < 4.78 is 11.2. The molecule has 1 saturated heterocycles. The molecule has 1 fully saturated rings. The number of nitrogens with one attached hydrogen (secondary N) is 1. The van der Waals surface area contributed by atoms with Gasteiger partial charge in [-0.25, -0.2) is 0 Å². The third-order valence-corrected chi connectivity index (χ3v) is 7.28. The normalized spacial score (nSPS) is 18.8. The third-order valence-electron chi connectivity index (χ3n) is 6.66. The van der Waals surface area contributed by atoms with E-state index in [4.69, 9.17) is 9.47 Å². The molecule has 7 nitrogen and oxygen atoms in total. The summed E-state index contributed by atoms with van der Waals surface area (Å²) in [6, 6.07) is 20.4. The highest BCUT2D eigenvalue weighted by Gasteiger charge is 2.51. The fourth-order valence-corrected chi connectivity index (χ4v) is 5.31. The van der Waals surface area contributed by atoms with Crippen LogP contribution < -0.4 is 10.1 Å². The van der Waals surface area contributed by atoms with Crippen LogP contribution in [0.4, 0.5) is 0 Å². The molecule has 1 N–H and O–H groups in total. The Balaban J connectivity index is 1.73. The van der Waals surface area contributed by atoms with Crippen LogP contribution in [0.1, 0.15) is 39.5 Å². The first kappa shape index (κ1) is 26.4. The Labute approximate surface area is 224 Å². The molecule has 0 saturated carbocycles.